The van der Waals surface area contributed by atoms with Crippen LogP contribution < -0.4 is 5.32 Å². The van der Waals surface area contributed by atoms with E-state index in [1.165, 1.54) is 6.42 Å². The lowest BCUT2D eigenvalue weighted by molar-refractivity contribution is 0.373. The van der Waals surface area contributed by atoms with Crippen LogP contribution in [0.1, 0.15) is 30.8 Å². The van der Waals surface area contributed by atoms with Gasteiger partial charge in [-0.1, -0.05) is 6.92 Å². The van der Waals surface area contributed by atoms with Crippen LogP contribution in [0.15, 0.2) is 12.4 Å². The Hall–Kier alpha value is -0.960. The summed E-state index contributed by atoms with van der Waals surface area (Å²) in [7, 11) is 0. The number of aromatic nitrogens is 2. The third-order valence-electron chi connectivity index (χ3n) is 2.25. The summed E-state index contributed by atoms with van der Waals surface area (Å²) in [5.41, 5.74) is 2.18. The zero-order valence-electron chi connectivity index (χ0n) is 7.25. The maximum atomic E-state index is 4.49. The molecule has 0 aliphatic carbocycles. The molecule has 1 aliphatic rings. The van der Waals surface area contributed by atoms with Crippen molar-refractivity contribution >= 4 is 0 Å². The van der Waals surface area contributed by atoms with Gasteiger partial charge in [-0.3, -0.25) is 9.97 Å². The van der Waals surface area contributed by atoms with Crippen LogP contribution in [0, 0.1) is 0 Å². The van der Waals surface area contributed by atoms with Crippen molar-refractivity contribution in [1.29, 1.82) is 0 Å². The van der Waals surface area contributed by atoms with Gasteiger partial charge in [-0.05, 0) is 19.4 Å². The van der Waals surface area contributed by atoms with Gasteiger partial charge in [0.15, 0.2) is 0 Å². The molecule has 12 heavy (non-hydrogen) atoms. The zero-order chi connectivity index (χ0) is 8.39. The first kappa shape index (κ1) is 7.68. The van der Waals surface area contributed by atoms with E-state index in [0.717, 1.165) is 24.4 Å². The molecule has 1 aromatic heterocycles. The highest BCUT2D eigenvalue weighted by molar-refractivity contribution is 5.09. The summed E-state index contributed by atoms with van der Waals surface area (Å²) in [6, 6.07) is 0.462. The van der Waals surface area contributed by atoms with E-state index in [1.807, 2.05) is 12.4 Å². The van der Waals surface area contributed by atoms with E-state index in [4.69, 9.17) is 0 Å². The highest BCUT2D eigenvalue weighted by atomic mass is 15.0. The summed E-state index contributed by atoms with van der Waals surface area (Å²) in [6.07, 6.45) is 5.85. The molecular formula is C9H13N3. The Kier molecular flexibility index (Phi) is 2.04. The van der Waals surface area contributed by atoms with E-state index in [2.05, 4.69) is 22.2 Å². The van der Waals surface area contributed by atoms with Gasteiger partial charge in [0.2, 0.25) is 0 Å². The summed E-state index contributed by atoms with van der Waals surface area (Å²) < 4.78 is 0. The van der Waals surface area contributed by atoms with Gasteiger partial charge in [0.25, 0.3) is 0 Å². The predicted molar refractivity (Wildman–Crippen MR) is 46.8 cm³/mol. The summed E-state index contributed by atoms with van der Waals surface area (Å²) in [6.45, 7) is 3.21. The van der Waals surface area contributed by atoms with Gasteiger partial charge in [0.1, 0.15) is 0 Å². The van der Waals surface area contributed by atoms with Crippen LogP contribution in [0.25, 0.3) is 0 Å². The molecule has 0 radical (unpaired) electrons. The molecular weight excluding hydrogens is 150 g/mol. The minimum atomic E-state index is 0.462. The van der Waals surface area contributed by atoms with Gasteiger partial charge in [0, 0.05) is 12.4 Å². The SMILES string of the molecule is CCc1cncc(C2CCN2)n1. The van der Waals surface area contributed by atoms with Crippen molar-refractivity contribution < 1.29 is 0 Å². The van der Waals surface area contributed by atoms with Crippen LogP contribution in [0.3, 0.4) is 0 Å². The van der Waals surface area contributed by atoms with E-state index in [-0.39, 0.29) is 0 Å². The zero-order valence-corrected chi connectivity index (χ0v) is 7.25. The molecule has 2 rings (SSSR count). The van der Waals surface area contributed by atoms with Crippen LogP contribution in [-0.2, 0) is 6.42 Å². The molecule has 3 heteroatoms. The van der Waals surface area contributed by atoms with Crippen molar-refractivity contribution in [1.82, 2.24) is 15.3 Å². The van der Waals surface area contributed by atoms with Crippen molar-refractivity contribution in [2.45, 2.75) is 25.8 Å². The molecule has 1 saturated heterocycles. The molecule has 0 saturated carbocycles. The Morgan fingerprint density at radius 1 is 1.58 bits per heavy atom. The van der Waals surface area contributed by atoms with Crippen molar-refractivity contribution in [3.8, 4) is 0 Å². The lowest BCUT2D eigenvalue weighted by Crippen LogP contribution is -2.35. The molecule has 3 nitrogen and oxygen atoms in total. The van der Waals surface area contributed by atoms with E-state index >= 15 is 0 Å². The van der Waals surface area contributed by atoms with Gasteiger partial charge < -0.3 is 5.32 Å². The smallest absolute Gasteiger partial charge is 0.0759 e. The fourth-order valence-corrected chi connectivity index (χ4v) is 1.30. The highest BCUT2D eigenvalue weighted by Crippen LogP contribution is 2.19. The third kappa shape index (κ3) is 1.32. The highest BCUT2D eigenvalue weighted by Gasteiger charge is 2.19. The molecule has 0 aromatic carbocycles. The number of aryl methyl sites for hydroxylation is 1. The first-order valence-corrected chi connectivity index (χ1v) is 4.44. The molecule has 0 bridgehead atoms. The Labute approximate surface area is 72.2 Å². The number of rotatable bonds is 2. The molecule has 2 heterocycles. The van der Waals surface area contributed by atoms with E-state index in [1.54, 1.807) is 0 Å². The molecule has 1 fully saturated rings. The Balaban J connectivity index is 2.19. The fraction of sp³-hybridized carbons (Fsp3) is 0.556. The predicted octanol–water partition coefficient (Wildman–Crippen LogP) is 1.07. The monoisotopic (exact) mass is 163 g/mol. The molecule has 1 atom stereocenters. The molecule has 1 aromatic rings. The number of hydrogen-bond acceptors (Lipinski definition) is 3. The average Bonchev–Trinajstić information content (AvgIpc) is 2.02. The summed E-state index contributed by atoms with van der Waals surface area (Å²) in [4.78, 5) is 8.64. The Morgan fingerprint density at radius 3 is 3.00 bits per heavy atom. The quantitative estimate of drug-likeness (QED) is 0.708. The summed E-state index contributed by atoms with van der Waals surface area (Å²) in [5.74, 6) is 0. The summed E-state index contributed by atoms with van der Waals surface area (Å²) >= 11 is 0. The first-order chi connectivity index (χ1) is 5.90. The van der Waals surface area contributed by atoms with Gasteiger partial charge in [-0.25, -0.2) is 0 Å². The largest absolute Gasteiger partial charge is 0.308 e. The van der Waals surface area contributed by atoms with Gasteiger partial charge >= 0.3 is 0 Å². The molecule has 0 amide bonds. The van der Waals surface area contributed by atoms with Crippen molar-refractivity contribution in [2.75, 3.05) is 6.54 Å². The molecule has 1 aliphatic heterocycles. The maximum absolute atomic E-state index is 4.49. The normalized spacial score (nSPS) is 21.9. The Bertz CT molecular complexity index is 268. The maximum Gasteiger partial charge on any atom is 0.0759 e. The van der Waals surface area contributed by atoms with Gasteiger partial charge in [-0.15, -0.1) is 0 Å². The fourth-order valence-electron chi connectivity index (χ4n) is 1.30. The second-order valence-corrected chi connectivity index (χ2v) is 3.08. The summed E-state index contributed by atoms with van der Waals surface area (Å²) in [5, 5.41) is 3.31. The molecule has 1 unspecified atom stereocenters. The van der Waals surface area contributed by atoms with E-state index in [0.29, 0.717) is 6.04 Å². The topological polar surface area (TPSA) is 37.8 Å². The second-order valence-electron chi connectivity index (χ2n) is 3.08. The van der Waals surface area contributed by atoms with Crippen LogP contribution in [0.4, 0.5) is 0 Å². The van der Waals surface area contributed by atoms with Crippen molar-refractivity contribution in [3.05, 3.63) is 23.8 Å². The number of nitrogens with zero attached hydrogens (tertiary/aromatic N) is 2. The lowest BCUT2D eigenvalue weighted by Gasteiger charge is -2.26. The minimum absolute atomic E-state index is 0.462. The number of hydrogen-bond donors (Lipinski definition) is 1. The third-order valence-corrected chi connectivity index (χ3v) is 2.25. The van der Waals surface area contributed by atoms with Crippen LogP contribution >= 0.6 is 0 Å². The molecule has 0 spiro atoms. The van der Waals surface area contributed by atoms with Crippen LogP contribution in [-0.4, -0.2) is 16.5 Å². The van der Waals surface area contributed by atoms with Gasteiger partial charge in [-0.2, -0.15) is 0 Å². The molecule has 1 N–H and O–H groups in total. The van der Waals surface area contributed by atoms with E-state index in [9.17, 15) is 0 Å². The van der Waals surface area contributed by atoms with Gasteiger partial charge in [0.05, 0.1) is 17.4 Å². The van der Waals surface area contributed by atoms with E-state index < -0.39 is 0 Å². The number of nitrogens with one attached hydrogen (secondary N) is 1. The Morgan fingerprint density at radius 2 is 2.42 bits per heavy atom. The standard InChI is InChI=1S/C9H13N3/c1-2-7-5-10-6-9(12-7)8-3-4-11-8/h5-6,8,11H,2-4H2,1H3. The van der Waals surface area contributed by atoms with Crippen LogP contribution in [0.5, 0.6) is 0 Å². The lowest BCUT2D eigenvalue weighted by atomic mass is 10.0. The first-order valence-electron chi connectivity index (χ1n) is 4.44. The van der Waals surface area contributed by atoms with Crippen molar-refractivity contribution in [3.63, 3.8) is 0 Å². The minimum Gasteiger partial charge on any atom is -0.308 e. The van der Waals surface area contributed by atoms with Crippen LogP contribution in [0.2, 0.25) is 0 Å². The van der Waals surface area contributed by atoms with Crippen molar-refractivity contribution in [2.24, 2.45) is 0 Å². The average molecular weight is 163 g/mol. The molecule has 64 valence electrons. The second kappa shape index (κ2) is 3.19.